The van der Waals surface area contributed by atoms with Crippen LogP contribution in [0.25, 0.3) is 10.8 Å². The summed E-state index contributed by atoms with van der Waals surface area (Å²) in [7, 11) is 0. The molecule has 3 aromatic carbocycles. The highest BCUT2D eigenvalue weighted by Gasteiger charge is 2.16. The first-order valence-electron chi connectivity index (χ1n) is 7.30. The Hall–Kier alpha value is -3.36. The molecule has 1 atom stereocenters. The van der Waals surface area contributed by atoms with Crippen LogP contribution in [0.2, 0.25) is 0 Å². The first-order chi connectivity index (χ1) is 11.6. The highest BCUT2D eigenvalue weighted by atomic mass is 16.4. The normalized spacial score (nSPS) is 11.7. The molecular formula is C19H14N2O3. The van der Waals surface area contributed by atoms with Crippen molar-refractivity contribution in [2.45, 2.75) is 6.23 Å². The van der Waals surface area contributed by atoms with Crippen LogP contribution in [0.5, 0.6) is 0 Å². The summed E-state index contributed by atoms with van der Waals surface area (Å²) in [5.74, 6) is -1.04. The number of aromatic carboxylic acids is 1. The maximum absolute atomic E-state index is 11.5. The molecule has 0 spiro atoms. The van der Waals surface area contributed by atoms with Crippen LogP contribution in [0.3, 0.4) is 0 Å². The largest absolute Gasteiger partial charge is 0.478 e. The second-order valence-electron chi connectivity index (χ2n) is 5.29. The van der Waals surface area contributed by atoms with E-state index in [4.69, 9.17) is 5.26 Å². The lowest BCUT2D eigenvalue weighted by atomic mass is 9.98. The lowest BCUT2D eigenvalue weighted by molar-refractivity contribution is 0.0699. The second-order valence-corrected chi connectivity index (χ2v) is 5.29. The zero-order chi connectivity index (χ0) is 17.1. The van der Waals surface area contributed by atoms with Gasteiger partial charge in [0.15, 0.2) is 6.23 Å². The molecule has 3 aromatic rings. The molecule has 24 heavy (non-hydrogen) atoms. The van der Waals surface area contributed by atoms with Gasteiger partial charge in [-0.2, -0.15) is 5.26 Å². The zero-order valence-electron chi connectivity index (χ0n) is 12.6. The quantitative estimate of drug-likeness (QED) is 0.640. The van der Waals surface area contributed by atoms with E-state index in [1.54, 1.807) is 54.6 Å². The maximum atomic E-state index is 11.5. The molecule has 0 saturated heterocycles. The van der Waals surface area contributed by atoms with E-state index in [9.17, 15) is 15.0 Å². The van der Waals surface area contributed by atoms with E-state index in [-0.39, 0.29) is 5.56 Å². The zero-order valence-corrected chi connectivity index (χ0v) is 12.6. The molecule has 0 amide bonds. The van der Waals surface area contributed by atoms with Crippen LogP contribution < -0.4 is 5.32 Å². The Morgan fingerprint density at radius 3 is 2.33 bits per heavy atom. The van der Waals surface area contributed by atoms with Crippen molar-refractivity contribution in [2.24, 2.45) is 0 Å². The van der Waals surface area contributed by atoms with E-state index >= 15 is 0 Å². The molecule has 0 saturated carbocycles. The molecule has 0 heterocycles. The number of carboxylic acid groups (broad SMARTS) is 1. The Bertz CT molecular complexity index is 938. The standard InChI is InChI=1S/C19H14N2O3/c20-11-12-7-9-14(10-8-12)21-18(22)15-5-1-3-13-4-2-6-16(17(13)15)19(23)24/h1-10,18,21-22H,(H,23,24). The Morgan fingerprint density at radius 1 is 1.04 bits per heavy atom. The predicted molar refractivity (Wildman–Crippen MR) is 90.6 cm³/mol. The summed E-state index contributed by atoms with van der Waals surface area (Å²) >= 11 is 0. The number of fused-ring (bicyclic) bond motifs is 1. The molecule has 0 aliphatic heterocycles. The number of anilines is 1. The Morgan fingerprint density at radius 2 is 1.71 bits per heavy atom. The van der Waals surface area contributed by atoms with Crippen LogP contribution >= 0.6 is 0 Å². The van der Waals surface area contributed by atoms with Gasteiger partial charge in [-0.25, -0.2) is 4.79 Å². The van der Waals surface area contributed by atoms with Crippen molar-refractivity contribution in [1.29, 1.82) is 5.26 Å². The molecule has 0 aromatic heterocycles. The third-order valence-corrected chi connectivity index (χ3v) is 3.78. The number of aliphatic hydroxyl groups excluding tert-OH is 1. The van der Waals surface area contributed by atoms with Crippen LogP contribution in [-0.2, 0) is 0 Å². The van der Waals surface area contributed by atoms with Crippen LogP contribution in [0.4, 0.5) is 5.69 Å². The highest BCUT2D eigenvalue weighted by molar-refractivity contribution is 6.05. The number of benzene rings is 3. The number of nitrogens with one attached hydrogen (secondary N) is 1. The van der Waals surface area contributed by atoms with Gasteiger partial charge in [-0.15, -0.1) is 0 Å². The second kappa shape index (κ2) is 6.41. The lowest BCUT2D eigenvalue weighted by Crippen LogP contribution is -2.11. The Kier molecular flexibility index (Phi) is 4.15. The number of nitriles is 1. The minimum atomic E-state index is -1.08. The summed E-state index contributed by atoms with van der Waals surface area (Å²) in [4.78, 5) is 11.5. The average Bonchev–Trinajstić information content (AvgIpc) is 2.61. The molecular weight excluding hydrogens is 304 g/mol. The fourth-order valence-electron chi connectivity index (χ4n) is 2.65. The van der Waals surface area contributed by atoms with Crippen molar-refractivity contribution in [1.82, 2.24) is 0 Å². The molecule has 118 valence electrons. The fourth-order valence-corrected chi connectivity index (χ4v) is 2.65. The summed E-state index contributed by atoms with van der Waals surface area (Å²) in [5, 5.41) is 32.9. The van der Waals surface area contributed by atoms with Gasteiger partial charge >= 0.3 is 5.97 Å². The number of carbonyl (C=O) groups is 1. The fraction of sp³-hybridized carbons (Fsp3) is 0.0526. The molecule has 0 bridgehead atoms. The van der Waals surface area contributed by atoms with Crippen molar-refractivity contribution in [3.05, 3.63) is 77.4 Å². The molecule has 0 aliphatic carbocycles. The van der Waals surface area contributed by atoms with Gasteiger partial charge in [0.1, 0.15) is 0 Å². The maximum Gasteiger partial charge on any atom is 0.336 e. The van der Waals surface area contributed by atoms with E-state index in [0.29, 0.717) is 22.2 Å². The van der Waals surface area contributed by atoms with Gasteiger partial charge in [0.05, 0.1) is 17.2 Å². The van der Waals surface area contributed by atoms with Gasteiger partial charge in [0, 0.05) is 16.6 Å². The summed E-state index contributed by atoms with van der Waals surface area (Å²) in [5.41, 5.74) is 1.78. The van der Waals surface area contributed by atoms with Crippen LogP contribution in [0, 0.1) is 11.3 Å². The van der Waals surface area contributed by atoms with Crippen molar-refractivity contribution in [2.75, 3.05) is 5.32 Å². The number of rotatable bonds is 4. The van der Waals surface area contributed by atoms with E-state index < -0.39 is 12.2 Å². The SMILES string of the molecule is N#Cc1ccc(NC(O)c2cccc3cccc(C(=O)O)c23)cc1. The van der Waals surface area contributed by atoms with Crippen molar-refractivity contribution in [3.63, 3.8) is 0 Å². The third kappa shape index (κ3) is 2.91. The highest BCUT2D eigenvalue weighted by Crippen LogP contribution is 2.28. The molecule has 0 aliphatic rings. The van der Waals surface area contributed by atoms with Gasteiger partial charge in [0.25, 0.3) is 0 Å². The Balaban J connectivity index is 2.01. The van der Waals surface area contributed by atoms with E-state index in [2.05, 4.69) is 5.32 Å². The van der Waals surface area contributed by atoms with Crippen LogP contribution in [0.1, 0.15) is 27.7 Å². The lowest BCUT2D eigenvalue weighted by Gasteiger charge is -2.17. The topological polar surface area (TPSA) is 93.4 Å². The first kappa shape index (κ1) is 15.5. The molecule has 0 fully saturated rings. The average molecular weight is 318 g/mol. The van der Waals surface area contributed by atoms with Crippen molar-refractivity contribution >= 4 is 22.4 Å². The molecule has 5 heteroatoms. The number of hydrogen-bond donors (Lipinski definition) is 3. The van der Waals surface area contributed by atoms with E-state index in [1.165, 1.54) is 6.07 Å². The number of carboxylic acids is 1. The monoisotopic (exact) mass is 318 g/mol. The molecule has 0 radical (unpaired) electrons. The number of aliphatic hydroxyl groups is 1. The summed E-state index contributed by atoms with van der Waals surface area (Å²) in [6, 6.07) is 18.9. The predicted octanol–water partition coefficient (Wildman–Crippen LogP) is 3.51. The smallest absolute Gasteiger partial charge is 0.336 e. The van der Waals surface area contributed by atoms with Crippen molar-refractivity contribution < 1.29 is 15.0 Å². The van der Waals surface area contributed by atoms with E-state index in [0.717, 1.165) is 5.39 Å². The number of hydrogen-bond acceptors (Lipinski definition) is 4. The van der Waals surface area contributed by atoms with Gasteiger partial charge in [-0.3, -0.25) is 0 Å². The minimum absolute atomic E-state index is 0.142. The van der Waals surface area contributed by atoms with Crippen LogP contribution in [-0.4, -0.2) is 16.2 Å². The van der Waals surface area contributed by atoms with Gasteiger partial charge < -0.3 is 15.5 Å². The molecule has 3 rings (SSSR count). The number of nitrogens with zero attached hydrogens (tertiary/aromatic N) is 1. The summed E-state index contributed by atoms with van der Waals surface area (Å²) in [6.07, 6.45) is -1.08. The van der Waals surface area contributed by atoms with Gasteiger partial charge in [-0.05, 0) is 35.7 Å². The van der Waals surface area contributed by atoms with Crippen molar-refractivity contribution in [3.8, 4) is 6.07 Å². The minimum Gasteiger partial charge on any atom is -0.478 e. The molecule has 1 unspecified atom stereocenters. The van der Waals surface area contributed by atoms with Gasteiger partial charge in [0.2, 0.25) is 0 Å². The Labute approximate surface area is 138 Å². The summed E-state index contributed by atoms with van der Waals surface area (Å²) in [6.45, 7) is 0. The van der Waals surface area contributed by atoms with E-state index in [1.807, 2.05) is 6.07 Å². The van der Waals surface area contributed by atoms with Gasteiger partial charge in [-0.1, -0.05) is 30.3 Å². The molecule has 3 N–H and O–H groups in total. The molecule has 5 nitrogen and oxygen atoms in total. The third-order valence-electron chi connectivity index (χ3n) is 3.78. The summed E-state index contributed by atoms with van der Waals surface area (Å²) < 4.78 is 0. The first-order valence-corrected chi connectivity index (χ1v) is 7.30. The van der Waals surface area contributed by atoms with Crippen LogP contribution in [0.15, 0.2) is 60.7 Å².